The summed E-state index contributed by atoms with van der Waals surface area (Å²) in [4.78, 5) is 37.5. The van der Waals surface area contributed by atoms with E-state index in [0.717, 1.165) is 23.1 Å². The van der Waals surface area contributed by atoms with Gasteiger partial charge in [0.25, 0.3) is 5.91 Å². The molecule has 4 heterocycles. The van der Waals surface area contributed by atoms with Crippen LogP contribution in [0.15, 0.2) is 84.5 Å². The van der Waals surface area contributed by atoms with Gasteiger partial charge in [-0.2, -0.15) is 31.7 Å². The molecule has 298 valence electrons. The van der Waals surface area contributed by atoms with Gasteiger partial charge in [0.15, 0.2) is 17.8 Å². The second kappa shape index (κ2) is 16.8. The second-order valence-corrected chi connectivity index (χ2v) is 15.1. The number of carbonyl (C=O) groups is 2. The zero-order valence-electron chi connectivity index (χ0n) is 31.1. The van der Waals surface area contributed by atoms with Crippen LogP contribution >= 0.6 is 11.6 Å². The number of imidazole rings is 1. The molecule has 18 heteroatoms. The van der Waals surface area contributed by atoms with E-state index in [1.54, 1.807) is 29.7 Å². The number of nitrogens with zero attached hydrogens (tertiary/aromatic N) is 7. The molecule has 0 spiro atoms. The van der Waals surface area contributed by atoms with Crippen molar-refractivity contribution in [3.05, 3.63) is 95.7 Å². The fourth-order valence-corrected chi connectivity index (χ4v) is 5.91. The number of aliphatic imine (C=N–C) groups is 1. The number of rotatable bonds is 10. The number of methoxy groups -OCH3 is 1. The average molecular weight is 802 g/mol. The highest BCUT2D eigenvalue weighted by Gasteiger charge is 2.63. The van der Waals surface area contributed by atoms with Crippen LogP contribution in [0.3, 0.4) is 0 Å². The van der Waals surface area contributed by atoms with Crippen molar-refractivity contribution in [1.29, 1.82) is 0 Å². The van der Waals surface area contributed by atoms with Gasteiger partial charge < -0.3 is 20.2 Å². The normalized spacial score (nSPS) is 16.8. The van der Waals surface area contributed by atoms with E-state index in [2.05, 4.69) is 47.8 Å². The smallest absolute Gasteiger partial charge is 0.382 e. The first-order valence-electron chi connectivity index (χ1n) is 17.3. The van der Waals surface area contributed by atoms with E-state index in [1.807, 2.05) is 53.2 Å². The zero-order valence-corrected chi connectivity index (χ0v) is 31.9. The SMILES string of the molecule is CC(C)(C)C.COCC(c1ccc(Cl)c(-c2ncnn2C(F)F)c1)N1C(=O)C(c2ccc(-c3ccn4ccnc4c3)cc2)N=C1N.O=CNC1(C(F)(F)F)CC1. The van der Waals surface area contributed by atoms with E-state index >= 15 is 0 Å². The number of aromatic nitrogens is 5. The highest BCUT2D eigenvalue weighted by molar-refractivity contribution is 6.33. The number of guanidine groups is 1. The summed E-state index contributed by atoms with van der Waals surface area (Å²) in [6.45, 7) is 5.90. The van der Waals surface area contributed by atoms with Gasteiger partial charge in [-0.1, -0.05) is 69.6 Å². The van der Waals surface area contributed by atoms with Gasteiger partial charge in [-0.25, -0.2) is 15.0 Å². The lowest BCUT2D eigenvalue weighted by molar-refractivity contribution is -0.167. The van der Waals surface area contributed by atoms with Crippen LogP contribution in [0.5, 0.6) is 0 Å². The van der Waals surface area contributed by atoms with Crippen molar-refractivity contribution < 1.29 is 36.3 Å². The van der Waals surface area contributed by atoms with Crippen LogP contribution in [0.2, 0.25) is 5.02 Å². The Morgan fingerprint density at radius 2 is 1.70 bits per heavy atom. The molecule has 3 aromatic heterocycles. The summed E-state index contributed by atoms with van der Waals surface area (Å²) in [6, 6.07) is 14.7. The minimum atomic E-state index is -4.28. The van der Waals surface area contributed by atoms with Gasteiger partial charge in [0.2, 0.25) is 6.41 Å². The van der Waals surface area contributed by atoms with E-state index in [9.17, 15) is 31.5 Å². The van der Waals surface area contributed by atoms with Crippen LogP contribution in [0.4, 0.5) is 22.0 Å². The Morgan fingerprint density at radius 1 is 1.02 bits per heavy atom. The molecular formula is C38H41ClF5N9O3. The van der Waals surface area contributed by atoms with Crippen molar-refractivity contribution in [2.45, 2.75) is 70.9 Å². The van der Waals surface area contributed by atoms with E-state index in [-0.39, 0.29) is 54.1 Å². The second-order valence-electron chi connectivity index (χ2n) is 14.7. The molecule has 1 aliphatic carbocycles. The van der Waals surface area contributed by atoms with E-state index < -0.39 is 30.3 Å². The van der Waals surface area contributed by atoms with Gasteiger partial charge in [0.05, 0.1) is 17.7 Å². The zero-order chi connectivity index (χ0) is 41.0. The Hall–Kier alpha value is -5.42. The Labute approximate surface area is 324 Å². The highest BCUT2D eigenvalue weighted by atomic mass is 35.5. The summed E-state index contributed by atoms with van der Waals surface area (Å²) < 4.78 is 70.4. The fourth-order valence-electron chi connectivity index (χ4n) is 5.70. The van der Waals surface area contributed by atoms with Crippen molar-refractivity contribution in [1.82, 2.24) is 34.4 Å². The maximum Gasteiger partial charge on any atom is 0.411 e. The number of hydrogen-bond acceptors (Lipinski definition) is 8. The lowest BCUT2D eigenvalue weighted by Crippen LogP contribution is -2.44. The van der Waals surface area contributed by atoms with Gasteiger partial charge in [-0.15, -0.1) is 0 Å². The molecule has 1 aliphatic heterocycles. The molecule has 0 bridgehead atoms. The first kappa shape index (κ1) is 41.7. The van der Waals surface area contributed by atoms with Crippen LogP contribution in [-0.2, 0) is 14.3 Å². The molecule has 1 saturated carbocycles. The Morgan fingerprint density at radius 3 is 2.27 bits per heavy atom. The Kier molecular flexibility index (Phi) is 12.5. The number of pyridine rings is 1. The van der Waals surface area contributed by atoms with Crippen LogP contribution in [-0.4, -0.2) is 72.8 Å². The van der Waals surface area contributed by atoms with Crippen molar-refractivity contribution >= 4 is 35.5 Å². The molecule has 56 heavy (non-hydrogen) atoms. The number of ether oxygens (including phenoxy) is 1. The third-order valence-electron chi connectivity index (χ3n) is 8.58. The minimum absolute atomic E-state index is 0.00917. The maximum atomic E-state index is 13.7. The number of amides is 2. The summed E-state index contributed by atoms with van der Waals surface area (Å²) in [5.74, 6) is -0.436. The van der Waals surface area contributed by atoms with Crippen molar-refractivity contribution in [3.8, 4) is 22.5 Å². The quantitative estimate of drug-likeness (QED) is 0.108. The molecule has 3 N–H and O–H groups in total. The number of benzene rings is 2. The predicted octanol–water partition coefficient (Wildman–Crippen LogP) is 7.77. The largest absolute Gasteiger partial charge is 0.411 e. The van der Waals surface area contributed by atoms with Crippen LogP contribution in [0, 0.1) is 5.41 Å². The summed E-state index contributed by atoms with van der Waals surface area (Å²) in [7, 11) is 1.49. The molecule has 2 atom stereocenters. The van der Waals surface area contributed by atoms with Gasteiger partial charge >= 0.3 is 12.7 Å². The summed E-state index contributed by atoms with van der Waals surface area (Å²) >= 11 is 6.36. The van der Waals surface area contributed by atoms with Crippen molar-refractivity contribution in [2.75, 3.05) is 13.7 Å². The van der Waals surface area contributed by atoms with Crippen molar-refractivity contribution in [3.63, 3.8) is 0 Å². The molecule has 12 nitrogen and oxygen atoms in total. The van der Waals surface area contributed by atoms with Gasteiger partial charge in [0, 0.05) is 31.3 Å². The van der Waals surface area contributed by atoms with Gasteiger partial charge in [-0.3, -0.25) is 14.5 Å². The van der Waals surface area contributed by atoms with Crippen molar-refractivity contribution in [2.24, 2.45) is 16.1 Å². The fraction of sp³-hybridized carbons (Fsp3) is 0.368. The predicted molar refractivity (Wildman–Crippen MR) is 201 cm³/mol. The number of halogens is 6. The van der Waals surface area contributed by atoms with Gasteiger partial charge in [-0.05, 0) is 64.8 Å². The number of carbonyl (C=O) groups excluding carboxylic acids is 2. The van der Waals surface area contributed by atoms with E-state index in [4.69, 9.17) is 22.1 Å². The lowest BCUT2D eigenvalue weighted by atomic mass is 9.99. The average Bonchev–Trinajstić information content (AvgIpc) is 3.43. The number of hydrogen-bond donors (Lipinski definition) is 2. The van der Waals surface area contributed by atoms with Crippen LogP contribution in [0.25, 0.3) is 28.2 Å². The highest BCUT2D eigenvalue weighted by Crippen LogP contribution is 2.48. The number of fused-ring (bicyclic) bond motifs is 1. The molecule has 5 aromatic rings. The maximum absolute atomic E-state index is 13.7. The Bertz CT molecular complexity index is 2170. The molecule has 0 saturated heterocycles. The third kappa shape index (κ3) is 9.50. The van der Waals surface area contributed by atoms with Gasteiger partial charge in [0.1, 0.15) is 17.5 Å². The molecule has 0 radical (unpaired) electrons. The molecule has 1 fully saturated rings. The number of alkyl halides is 5. The molecule has 2 amide bonds. The monoisotopic (exact) mass is 801 g/mol. The number of nitrogens with one attached hydrogen (secondary N) is 1. The van der Waals surface area contributed by atoms with E-state index in [0.29, 0.717) is 21.2 Å². The third-order valence-corrected chi connectivity index (χ3v) is 8.90. The first-order chi connectivity index (χ1) is 26.4. The summed E-state index contributed by atoms with van der Waals surface area (Å²) in [5.41, 5.74) is 9.13. The topological polar surface area (TPSA) is 145 Å². The lowest BCUT2D eigenvalue weighted by Gasteiger charge is -2.28. The minimum Gasteiger partial charge on any atom is -0.382 e. The first-order valence-corrected chi connectivity index (χ1v) is 17.7. The standard InChI is InChI=1S/C28H23ClF2N8O2.C5H6F3NO.C5H12/c1-41-14-22(19-6-7-21(29)20(12-19)25-34-15-35-39(25)27(30)31)38-26(40)24(36-28(38)32)17-4-2-16(3-5-17)18-8-10-37-11-9-33-23(37)13-18;6-5(7,8)4(1-2-4)9-3-10;1-5(2,3)4/h2-13,15,22,24,27H,14H2,1H3,(H2,32,36);3H,1-2H2,(H,9,10);1-4H3. The van der Waals surface area contributed by atoms with Crippen LogP contribution in [0.1, 0.15) is 70.3 Å². The molecule has 2 aromatic carbocycles. The number of nitrogens with two attached hydrogens (primary N) is 1. The van der Waals surface area contributed by atoms with E-state index in [1.165, 1.54) is 12.0 Å². The Balaban J connectivity index is 0.000000336. The van der Waals surface area contributed by atoms with Crippen LogP contribution < -0.4 is 11.1 Å². The summed E-state index contributed by atoms with van der Waals surface area (Å²) in [5, 5.41) is 5.55. The molecule has 7 rings (SSSR count). The molecule has 2 aliphatic rings. The molecular weight excluding hydrogens is 761 g/mol. The summed E-state index contributed by atoms with van der Waals surface area (Å²) in [6.07, 6.45) is 2.40. The molecule has 2 unspecified atom stereocenters.